The maximum atomic E-state index is 10.3. The molecule has 0 atom stereocenters. The van der Waals surface area contributed by atoms with E-state index in [0.29, 0.717) is 18.9 Å². The van der Waals surface area contributed by atoms with Gasteiger partial charge in [0, 0.05) is 19.3 Å². The fourth-order valence-corrected chi connectivity index (χ4v) is 1.17. The minimum absolute atomic E-state index is 0.450. The second-order valence-electron chi connectivity index (χ2n) is 2.44. The van der Waals surface area contributed by atoms with Gasteiger partial charge in [-0.05, 0) is 15.9 Å². The molecule has 0 unspecified atom stereocenters. The summed E-state index contributed by atoms with van der Waals surface area (Å²) in [4.78, 5) is 18.1. The van der Waals surface area contributed by atoms with Crippen molar-refractivity contribution in [2.45, 2.75) is 0 Å². The number of anilines is 1. The number of hydrogen-bond donors (Lipinski definition) is 3. The van der Waals surface area contributed by atoms with Crippen molar-refractivity contribution in [3.05, 3.63) is 17.0 Å². The van der Waals surface area contributed by atoms with Gasteiger partial charge in [-0.1, -0.05) is 0 Å². The maximum absolute atomic E-state index is 10.3. The predicted octanol–water partition coefficient (Wildman–Crippen LogP) is 0.319. The largest absolute Gasteiger partial charge is 0.367 e. The van der Waals surface area contributed by atoms with Crippen LogP contribution < -0.4 is 16.4 Å². The molecule has 0 saturated heterocycles. The first-order valence-corrected chi connectivity index (χ1v) is 4.72. The van der Waals surface area contributed by atoms with Gasteiger partial charge in [-0.3, -0.25) is 0 Å². The van der Waals surface area contributed by atoms with Crippen LogP contribution in [-0.4, -0.2) is 29.1 Å². The maximum Gasteiger partial charge on any atom is 0.312 e. The Morgan fingerprint density at radius 1 is 1.57 bits per heavy atom. The fourth-order valence-electron chi connectivity index (χ4n) is 0.809. The number of nitrogens with one attached hydrogen (secondary N) is 2. The standard InChI is InChI=1S/C7H10BrN5O/c8-5-3-10-4-13-6(5)11-1-2-12-7(9)14/h3-4H,1-2H2,(H3,9,12,14)(H,10,11,13). The van der Waals surface area contributed by atoms with E-state index < -0.39 is 6.03 Å². The molecular formula is C7H10BrN5O. The summed E-state index contributed by atoms with van der Waals surface area (Å²) in [5.41, 5.74) is 4.89. The molecule has 1 rings (SSSR count). The Hall–Kier alpha value is -1.37. The van der Waals surface area contributed by atoms with E-state index in [1.165, 1.54) is 6.33 Å². The van der Waals surface area contributed by atoms with Crippen LogP contribution in [0.25, 0.3) is 0 Å². The molecule has 1 aromatic rings. The van der Waals surface area contributed by atoms with Crippen LogP contribution in [0.2, 0.25) is 0 Å². The number of carbonyl (C=O) groups is 1. The second-order valence-corrected chi connectivity index (χ2v) is 3.29. The van der Waals surface area contributed by atoms with E-state index in [4.69, 9.17) is 5.73 Å². The molecule has 0 aromatic carbocycles. The third-order valence-electron chi connectivity index (χ3n) is 1.38. The summed E-state index contributed by atoms with van der Waals surface area (Å²) >= 11 is 3.28. The van der Waals surface area contributed by atoms with E-state index in [-0.39, 0.29) is 0 Å². The predicted molar refractivity (Wildman–Crippen MR) is 55.8 cm³/mol. The van der Waals surface area contributed by atoms with Gasteiger partial charge in [-0.15, -0.1) is 0 Å². The summed E-state index contributed by atoms with van der Waals surface area (Å²) < 4.78 is 0.777. The molecule has 0 bridgehead atoms. The van der Waals surface area contributed by atoms with Crippen molar-refractivity contribution < 1.29 is 4.79 Å². The molecule has 0 aliphatic rings. The summed E-state index contributed by atoms with van der Waals surface area (Å²) in [6.07, 6.45) is 3.07. The van der Waals surface area contributed by atoms with Crippen LogP contribution in [0.3, 0.4) is 0 Å². The minimum atomic E-state index is -0.534. The van der Waals surface area contributed by atoms with E-state index in [1.807, 2.05) is 0 Å². The van der Waals surface area contributed by atoms with Crippen LogP contribution in [0, 0.1) is 0 Å². The van der Waals surface area contributed by atoms with E-state index in [1.54, 1.807) is 6.20 Å². The highest BCUT2D eigenvalue weighted by atomic mass is 79.9. The van der Waals surface area contributed by atoms with Crippen molar-refractivity contribution in [1.82, 2.24) is 15.3 Å². The second kappa shape index (κ2) is 5.38. The molecular weight excluding hydrogens is 250 g/mol. The molecule has 7 heteroatoms. The number of hydrogen-bond acceptors (Lipinski definition) is 4. The van der Waals surface area contributed by atoms with E-state index in [0.717, 1.165) is 4.47 Å². The van der Waals surface area contributed by atoms with Gasteiger partial charge in [0.25, 0.3) is 0 Å². The van der Waals surface area contributed by atoms with Crippen molar-refractivity contribution >= 4 is 27.8 Å². The summed E-state index contributed by atoms with van der Waals surface area (Å²) in [6, 6.07) is -0.534. The van der Waals surface area contributed by atoms with Crippen LogP contribution in [0.5, 0.6) is 0 Å². The molecule has 1 aromatic heterocycles. The monoisotopic (exact) mass is 259 g/mol. The zero-order valence-corrected chi connectivity index (χ0v) is 8.91. The Balaban J connectivity index is 2.31. The molecule has 0 radical (unpaired) electrons. The Kier molecular flexibility index (Phi) is 4.11. The number of nitrogens with two attached hydrogens (primary N) is 1. The molecule has 1 heterocycles. The number of aromatic nitrogens is 2. The van der Waals surface area contributed by atoms with Gasteiger partial charge in [-0.2, -0.15) is 0 Å². The molecule has 2 amide bonds. The quantitative estimate of drug-likeness (QED) is 0.679. The lowest BCUT2D eigenvalue weighted by Crippen LogP contribution is -2.33. The van der Waals surface area contributed by atoms with Gasteiger partial charge in [0.15, 0.2) is 0 Å². The van der Waals surface area contributed by atoms with Gasteiger partial charge in [0.2, 0.25) is 0 Å². The lowest BCUT2D eigenvalue weighted by atomic mass is 10.5. The average molecular weight is 260 g/mol. The van der Waals surface area contributed by atoms with Gasteiger partial charge < -0.3 is 16.4 Å². The molecule has 76 valence electrons. The van der Waals surface area contributed by atoms with Gasteiger partial charge in [0.1, 0.15) is 12.1 Å². The van der Waals surface area contributed by atoms with Crippen molar-refractivity contribution in [3.63, 3.8) is 0 Å². The number of carbonyl (C=O) groups excluding carboxylic acids is 1. The van der Waals surface area contributed by atoms with Gasteiger partial charge in [-0.25, -0.2) is 14.8 Å². The molecule has 14 heavy (non-hydrogen) atoms. The van der Waals surface area contributed by atoms with Crippen molar-refractivity contribution in [1.29, 1.82) is 0 Å². The summed E-state index contributed by atoms with van der Waals surface area (Å²) in [5.74, 6) is 0.686. The smallest absolute Gasteiger partial charge is 0.312 e. The Morgan fingerprint density at radius 3 is 3.00 bits per heavy atom. The van der Waals surface area contributed by atoms with Gasteiger partial charge >= 0.3 is 6.03 Å². The fraction of sp³-hybridized carbons (Fsp3) is 0.286. The third kappa shape index (κ3) is 3.56. The lowest BCUT2D eigenvalue weighted by Gasteiger charge is -2.06. The first-order chi connectivity index (χ1) is 6.70. The van der Waals surface area contributed by atoms with E-state index in [9.17, 15) is 4.79 Å². The molecule has 6 nitrogen and oxygen atoms in total. The van der Waals surface area contributed by atoms with E-state index in [2.05, 4.69) is 36.5 Å². The van der Waals surface area contributed by atoms with Crippen LogP contribution in [0.4, 0.5) is 10.6 Å². The van der Waals surface area contributed by atoms with Gasteiger partial charge in [0.05, 0.1) is 4.47 Å². The number of rotatable bonds is 4. The first kappa shape index (κ1) is 10.7. The summed E-state index contributed by atoms with van der Waals surface area (Å²) in [6.45, 7) is 1.00. The summed E-state index contributed by atoms with van der Waals surface area (Å²) in [5, 5.41) is 5.45. The minimum Gasteiger partial charge on any atom is -0.367 e. The highest BCUT2D eigenvalue weighted by molar-refractivity contribution is 9.10. The lowest BCUT2D eigenvalue weighted by molar-refractivity contribution is 0.249. The Bertz CT molecular complexity index is 319. The topological polar surface area (TPSA) is 92.9 Å². The van der Waals surface area contributed by atoms with Crippen LogP contribution in [0.15, 0.2) is 17.0 Å². The van der Waals surface area contributed by atoms with Crippen molar-refractivity contribution in [2.75, 3.05) is 18.4 Å². The van der Waals surface area contributed by atoms with E-state index >= 15 is 0 Å². The highest BCUT2D eigenvalue weighted by Crippen LogP contribution is 2.16. The zero-order valence-electron chi connectivity index (χ0n) is 7.33. The number of halogens is 1. The molecule has 0 fully saturated rings. The summed E-state index contributed by atoms with van der Waals surface area (Å²) in [7, 11) is 0. The van der Waals surface area contributed by atoms with Crippen LogP contribution >= 0.6 is 15.9 Å². The molecule has 0 saturated carbocycles. The average Bonchev–Trinajstić information content (AvgIpc) is 2.15. The number of nitrogens with zero attached hydrogens (tertiary/aromatic N) is 2. The number of amides is 2. The third-order valence-corrected chi connectivity index (χ3v) is 1.96. The molecule has 4 N–H and O–H groups in total. The Morgan fingerprint density at radius 2 is 2.36 bits per heavy atom. The van der Waals surface area contributed by atoms with Crippen molar-refractivity contribution in [2.24, 2.45) is 5.73 Å². The molecule has 0 aliphatic carbocycles. The van der Waals surface area contributed by atoms with Crippen LogP contribution in [0.1, 0.15) is 0 Å². The first-order valence-electron chi connectivity index (χ1n) is 3.93. The molecule has 0 spiro atoms. The van der Waals surface area contributed by atoms with Crippen molar-refractivity contribution in [3.8, 4) is 0 Å². The van der Waals surface area contributed by atoms with Crippen LogP contribution in [-0.2, 0) is 0 Å². The molecule has 0 aliphatic heterocycles. The normalized spacial score (nSPS) is 9.50. The Labute approximate surface area is 89.4 Å². The number of primary amides is 1. The number of urea groups is 1. The zero-order chi connectivity index (χ0) is 10.4. The SMILES string of the molecule is NC(=O)NCCNc1ncncc1Br. The highest BCUT2D eigenvalue weighted by Gasteiger charge is 1.98.